The molecule has 0 aliphatic carbocycles. The van der Waals surface area contributed by atoms with Gasteiger partial charge in [0.2, 0.25) is 0 Å². The van der Waals surface area contributed by atoms with Gasteiger partial charge in [0.15, 0.2) is 0 Å². The number of benzene rings is 4. The van der Waals surface area contributed by atoms with Crippen molar-refractivity contribution in [2.45, 2.75) is 40.0 Å². The monoisotopic (exact) mass is 590 g/mol. The van der Waals surface area contributed by atoms with Crippen molar-refractivity contribution in [3.05, 3.63) is 126 Å². The van der Waals surface area contributed by atoms with Gasteiger partial charge in [-0.15, -0.1) is 0 Å². The molecule has 222 valence electrons. The van der Waals surface area contributed by atoms with E-state index in [0.717, 1.165) is 66.8 Å². The molecule has 6 nitrogen and oxygen atoms in total. The number of aromatic carboxylic acids is 1. The van der Waals surface area contributed by atoms with Crippen LogP contribution in [0, 0.1) is 13.8 Å². The standard InChI is InChI=1S/C39H34N4O2/c1-23-16-24(2)18-26(17-23)27-20-32(41-33(21-27)38(44)45)30-12-9-13-34-36(30)42-37(43(34)29-10-7-6-8-11-29)31-22-28(39(3,4)5)19-25-14-15-40-35(25)31/h6-22,40H,1-5H3,(H,44,45). The molecule has 0 atom stereocenters. The number of carboxylic acid groups (broad SMARTS) is 1. The molecule has 2 N–H and O–H groups in total. The molecule has 7 rings (SSSR count). The molecular weight excluding hydrogens is 556 g/mol. The van der Waals surface area contributed by atoms with Gasteiger partial charge in [0.25, 0.3) is 0 Å². The van der Waals surface area contributed by atoms with Crippen LogP contribution in [-0.2, 0) is 5.41 Å². The average Bonchev–Trinajstić information content (AvgIpc) is 3.65. The minimum atomic E-state index is -1.07. The van der Waals surface area contributed by atoms with Crippen LogP contribution in [0.4, 0.5) is 0 Å². The highest BCUT2D eigenvalue weighted by molar-refractivity contribution is 6.00. The van der Waals surface area contributed by atoms with Crippen molar-refractivity contribution in [1.29, 1.82) is 0 Å². The molecular formula is C39H34N4O2. The molecule has 7 aromatic rings. The molecule has 3 aromatic heterocycles. The minimum Gasteiger partial charge on any atom is -0.477 e. The molecule has 0 saturated carbocycles. The van der Waals surface area contributed by atoms with Crippen LogP contribution in [0.2, 0.25) is 0 Å². The van der Waals surface area contributed by atoms with E-state index >= 15 is 0 Å². The van der Waals surface area contributed by atoms with E-state index in [2.05, 4.69) is 89.9 Å². The fourth-order valence-electron chi connectivity index (χ4n) is 6.19. The molecule has 0 spiro atoms. The van der Waals surface area contributed by atoms with Crippen molar-refractivity contribution in [2.24, 2.45) is 0 Å². The lowest BCUT2D eigenvalue weighted by molar-refractivity contribution is 0.0690. The van der Waals surface area contributed by atoms with Crippen LogP contribution in [0.3, 0.4) is 0 Å². The first kappa shape index (κ1) is 28.3. The van der Waals surface area contributed by atoms with Gasteiger partial charge in [-0.1, -0.05) is 80.4 Å². The third kappa shape index (κ3) is 5.08. The van der Waals surface area contributed by atoms with Gasteiger partial charge < -0.3 is 10.1 Å². The lowest BCUT2D eigenvalue weighted by Crippen LogP contribution is -2.11. The van der Waals surface area contributed by atoms with Crippen LogP contribution in [0.25, 0.3) is 61.4 Å². The number of hydrogen-bond donors (Lipinski definition) is 2. The summed E-state index contributed by atoms with van der Waals surface area (Å²) in [6, 6.07) is 32.7. The maximum absolute atomic E-state index is 12.3. The number of carboxylic acids is 1. The molecule has 45 heavy (non-hydrogen) atoms. The number of aryl methyl sites for hydroxylation is 2. The summed E-state index contributed by atoms with van der Waals surface area (Å²) in [6.45, 7) is 10.8. The predicted molar refractivity (Wildman–Crippen MR) is 182 cm³/mol. The second-order valence-corrected chi connectivity index (χ2v) is 12.8. The zero-order chi connectivity index (χ0) is 31.5. The van der Waals surface area contributed by atoms with Crippen molar-refractivity contribution in [1.82, 2.24) is 19.5 Å². The number of pyridine rings is 1. The van der Waals surface area contributed by atoms with Crippen molar-refractivity contribution in [3.63, 3.8) is 0 Å². The number of rotatable bonds is 5. The van der Waals surface area contributed by atoms with Crippen molar-refractivity contribution in [2.75, 3.05) is 0 Å². The van der Waals surface area contributed by atoms with E-state index in [1.165, 1.54) is 5.56 Å². The Balaban J connectivity index is 1.54. The molecule has 0 unspecified atom stereocenters. The highest BCUT2D eigenvalue weighted by Crippen LogP contribution is 2.39. The number of carbonyl (C=O) groups is 1. The summed E-state index contributed by atoms with van der Waals surface area (Å²) in [5.41, 5.74) is 11.1. The first-order valence-electron chi connectivity index (χ1n) is 15.1. The van der Waals surface area contributed by atoms with E-state index in [1.54, 1.807) is 6.07 Å². The lowest BCUT2D eigenvalue weighted by atomic mass is 9.85. The quantitative estimate of drug-likeness (QED) is 0.209. The molecule has 0 aliphatic rings. The van der Waals surface area contributed by atoms with E-state index in [9.17, 15) is 9.90 Å². The number of fused-ring (bicyclic) bond motifs is 2. The van der Waals surface area contributed by atoms with Crippen molar-refractivity contribution < 1.29 is 9.90 Å². The zero-order valence-corrected chi connectivity index (χ0v) is 26.0. The van der Waals surface area contributed by atoms with Crippen LogP contribution in [-0.4, -0.2) is 30.6 Å². The molecule has 0 fully saturated rings. The second kappa shape index (κ2) is 10.6. The maximum Gasteiger partial charge on any atom is 0.354 e. The average molecular weight is 591 g/mol. The number of para-hydroxylation sites is 2. The minimum absolute atomic E-state index is 0.00708. The first-order valence-corrected chi connectivity index (χ1v) is 15.1. The van der Waals surface area contributed by atoms with Gasteiger partial charge in [0.05, 0.1) is 22.2 Å². The predicted octanol–water partition coefficient (Wildman–Crippen LogP) is 9.52. The van der Waals surface area contributed by atoms with E-state index in [-0.39, 0.29) is 11.1 Å². The van der Waals surface area contributed by atoms with Crippen LogP contribution in [0.15, 0.2) is 103 Å². The Morgan fingerprint density at radius 2 is 1.51 bits per heavy atom. The van der Waals surface area contributed by atoms with Gasteiger partial charge in [0.1, 0.15) is 11.5 Å². The Hall–Kier alpha value is -5.49. The fourth-order valence-corrected chi connectivity index (χ4v) is 6.19. The Kier molecular flexibility index (Phi) is 6.66. The van der Waals surface area contributed by atoms with Crippen LogP contribution in [0.1, 0.15) is 48.0 Å². The largest absolute Gasteiger partial charge is 0.477 e. The SMILES string of the molecule is Cc1cc(C)cc(-c2cc(C(=O)O)nc(-c3cccc4c3nc(-c3cc(C(C)(C)C)cc5cc[nH]c35)n4-c3ccccc3)c2)c1. The van der Waals surface area contributed by atoms with Gasteiger partial charge in [-0.25, -0.2) is 14.8 Å². The Bertz CT molecular complexity index is 2230. The Morgan fingerprint density at radius 3 is 2.22 bits per heavy atom. The fraction of sp³-hybridized carbons (Fsp3) is 0.154. The Morgan fingerprint density at radius 1 is 0.778 bits per heavy atom. The topological polar surface area (TPSA) is 83.8 Å². The zero-order valence-electron chi connectivity index (χ0n) is 26.0. The second-order valence-electron chi connectivity index (χ2n) is 12.8. The Labute approximate surface area is 262 Å². The van der Waals surface area contributed by atoms with Gasteiger partial charge in [0, 0.05) is 28.4 Å². The number of aromatic amines is 1. The lowest BCUT2D eigenvalue weighted by Gasteiger charge is -2.21. The van der Waals surface area contributed by atoms with Gasteiger partial charge in [-0.05, 0) is 84.5 Å². The van der Waals surface area contributed by atoms with E-state index in [0.29, 0.717) is 5.69 Å². The summed E-state index contributed by atoms with van der Waals surface area (Å²) in [5, 5.41) is 11.2. The van der Waals surface area contributed by atoms with Gasteiger partial charge in [-0.3, -0.25) is 4.57 Å². The smallest absolute Gasteiger partial charge is 0.354 e. The number of nitrogens with zero attached hydrogens (tertiary/aromatic N) is 3. The molecule has 0 radical (unpaired) electrons. The van der Waals surface area contributed by atoms with Crippen LogP contribution in [0.5, 0.6) is 0 Å². The molecule has 6 heteroatoms. The molecule has 0 saturated heterocycles. The summed E-state index contributed by atoms with van der Waals surface area (Å²) in [7, 11) is 0. The first-order chi connectivity index (χ1) is 21.6. The summed E-state index contributed by atoms with van der Waals surface area (Å²) in [6.07, 6.45) is 1.97. The summed E-state index contributed by atoms with van der Waals surface area (Å²) in [5.74, 6) is -0.274. The molecule has 0 bridgehead atoms. The van der Waals surface area contributed by atoms with E-state index < -0.39 is 5.97 Å². The number of H-pyrrole nitrogens is 1. The maximum atomic E-state index is 12.3. The van der Waals surface area contributed by atoms with E-state index in [1.807, 2.05) is 56.4 Å². The molecule has 0 amide bonds. The van der Waals surface area contributed by atoms with Crippen molar-refractivity contribution >= 4 is 27.9 Å². The van der Waals surface area contributed by atoms with Crippen LogP contribution < -0.4 is 0 Å². The van der Waals surface area contributed by atoms with E-state index in [4.69, 9.17) is 4.98 Å². The number of nitrogens with one attached hydrogen (secondary N) is 1. The summed E-state index contributed by atoms with van der Waals surface area (Å²) < 4.78 is 2.19. The highest BCUT2D eigenvalue weighted by atomic mass is 16.4. The molecule has 4 aromatic carbocycles. The third-order valence-electron chi connectivity index (χ3n) is 8.34. The summed E-state index contributed by atoms with van der Waals surface area (Å²) in [4.78, 5) is 25.8. The number of hydrogen-bond acceptors (Lipinski definition) is 3. The normalized spacial score (nSPS) is 11.8. The third-order valence-corrected chi connectivity index (χ3v) is 8.34. The van der Waals surface area contributed by atoms with Gasteiger partial charge in [-0.2, -0.15) is 0 Å². The van der Waals surface area contributed by atoms with Crippen LogP contribution >= 0.6 is 0 Å². The molecule has 0 aliphatic heterocycles. The number of aromatic nitrogens is 4. The molecule has 3 heterocycles. The summed E-state index contributed by atoms with van der Waals surface area (Å²) >= 11 is 0. The van der Waals surface area contributed by atoms with Crippen molar-refractivity contribution in [3.8, 4) is 39.5 Å². The number of imidazole rings is 1. The highest BCUT2D eigenvalue weighted by Gasteiger charge is 2.23. The van der Waals surface area contributed by atoms with Gasteiger partial charge >= 0.3 is 5.97 Å².